The summed E-state index contributed by atoms with van der Waals surface area (Å²) in [6.45, 7) is 6.15. The summed E-state index contributed by atoms with van der Waals surface area (Å²) in [6, 6.07) is 13.5. The van der Waals surface area contributed by atoms with Crippen molar-refractivity contribution < 1.29 is 19.0 Å². The monoisotopic (exact) mass is 386 g/mol. The summed E-state index contributed by atoms with van der Waals surface area (Å²) in [6.07, 6.45) is 1.43. The molecule has 0 saturated heterocycles. The van der Waals surface area contributed by atoms with Gasteiger partial charge in [-0.1, -0.05) is 24.3 Å². The first kappa shape index (κ1) is 21.4. The summed E-state index contributed by atoms with van der Waals surface area (Å²) in [5, 5.41) is 5.76. The SMILES string of the molecule is CCOc1ccc(CCNC(=O)NCCc2ccccc2OC)cc1OCC. The lowest BCUT2D eigenvalue weighted by Crippen LogP contribution is -2.37. The van der Waals surface area contributed by atoms with Crippen LogP contribution in [0.4, 0.5) is 4.79 Å². The van der Waals surface area contributed by atoms with Crippen LogP contribution in [0.15, 0.2) is 42.5 Å². The van der Waals surface area contributed by atoms with E-state index in [1.807, 2.05) is 56.3 Å². The van der Waals surface area contributed by atoms with Gasteiger partial charge in [-0.05, 0) is 56.0 Å². The van der Waals surface area contributed by atoms with E-state index in [0.29, 0.717) is 39.1 Å². The van der Waals surface area contributed by atoms with E-state index in [4.69, 9.17) is 14.2 Å². The molecule has 0 unspecified atom stereocenters. The molecule has 0 saturated carbocycles. The van der Waals surface area contributed by atoms with Gasteiger partial charge >= 0.3 is 6.03 Å². The molecule has 0 spiro atoms. The number of hydrogen-bond donors (Lipinski definition) is 2. The van der Waals surface area contributed by atoms with E-state index in [2.05, 4.69) is 10.6 Å². The van der Waals surface area contributed by atoms with Gasteiger partial charge in [0.15, 0.2) is 11.5 Å². The maximum absolute atomic E-state index is 12.0. The number of hydrogen-bond acceptors (Lipinski definition) is 4. The normalized spacial score (nSPS) is 10.2. The van der Waals surface area contributed by atoms with Crippen LogP contribution in [0, 0.1) is 0 Å². The fraction of sp³-hybridized carbons (Fsp3) is 0.409. The number of methoxy groups -OCH3 is 1. The molecule has 2 aromatic rings. The first-order chi connectivity index (χ1) is 13.7. The first-order valence-corrected chi connectivity index (χ1v) is 9.70. The summed E-state index contributed by atoms with van der Waals surface area (Å²) in [5.41, 5.74) is 2.16. The Labute approximate surface area is 167 Å². The van der Waals surface area contributed by atoms with E-state index in [1.54, 1.807) is 7.11 Å². The molecule has 2 aromatic carbocycles. The van der Waals surface area contributed by atoms with Gasteiger partial charge in [0.25, 0.3) is 0 Å². The van der Waals surface area contributed by atoms with Gasteiger partial charge in [0.2, 0.25) is 0 Å². The molecule has 0 atom stereocenters. The van der Waals surface area contributed by atoms with E-state index < -0.39 is 0 Å². The topological polar surface area (TPSA) is 68.8 Å². The molecule has 6 heteroatoms. The van der Waals surface area contributed by atoms with E-state index in [0.717, 1.165) is 28.4 Å². The van der Waals surface area contributed by atoms with Crippen LogP contribution in [-0.2, 0) is 12.8 Å². The van der Waals surface area contributed by atoms with Gasteiger partial charge in [-0.3, -0.25) is 0 Å². The maximum atomic E-state index is 12.0. The molecule has 0 fully saturated rings. The summed E-state index contributed by atoms with van der Waals surface area (Å²) in [5.74, 6) is 2.32. The minimum Gasteiger partial charge on any atom is -0.496 e. The zero-order valence-corrected chi connectivity index (χ0v) is 16.9. The minimum absolute atomic E-state index is 0.175. The number of rotatable bonds is 11. The smallest absolute Gasteiger partial charge is 0.314 e. The Bertz CT molecular complexity index is 749. The second-order valence-corrected chi connectivity index (χ2v) is 6.14. The van der Waals surface area contributed by atoms with E-state index in [1.165, 1.54) is 0 Å². The zero-order chi connectivity index (χ0) is 20.2. The summed E-state index contributed by atoms with van der Waals surface area (Å²) < 4.78 is 16.5. The van der Waals surface area contributed by atoms with Gasteiger partial charge in [-0.25, -0.2) is 4.79 Å². The standard InChI is InChI=1S/C22H30N2O4/c1-4-27-20-11-10-17(16-21(20)28-5-2)12-14-23-22(25)24-15-13-18-8-6-7-9-19(18)26-3/h6-11,16H,4-5,12-15H2,1-3H3,(H2,23,24,25). The lowest BCUT2D eigenvalue weighted by molar-refractivity contribution is 0.241. The number of urea groups is 1. The van der Waals surface area contributed by atoms with Crippen molar-refractivity contribution >= 4 is 6.03 Å². The number of amides is 2. The Morgan fingerprint density at radius 3 is 2.25 bits per heavy atom. The Morgan fingerprint density at radius 1 is 0.857 bits per heavy atom. The zero-order valence-electron chi connectivity index (χ0n) is 16.9. The maximum Gasteiger partial charge on any atom is 0.314 e. The molecule has 2 N–H and O–H groups in total. The minimum atomic E-state index is -0.175. The third-order valence-electron chi connectivity index (χ3n) is 4.18. The molecule has 0 aliphatic carbocycles. The highest BCUT2D eigenvalue weighted by Crippen LogP contribution is 2.28. The molecule has 0 heterocycles. The lowest BCUT2D eigenvalue weighted by atomic mass is 10.1. The van der Waals surface area contributed by atoms with Gasteiger partial charge in [0.1, 0.15) is 5.75 Å². The van der Waals surface area contributed by atoms with Crippen LogP contribution in [0.5, 0.6) is 17.2 Å². The van der Waals surface area contributed by atoms with Crippen molar-refractivity contribution in [1.82, 2.24) is 10.6 Å². The average molecular weight is 386 g/mol. The number of carbonyl (C=O) groups excluding carboxylic acids is 1. The third kappa shape index (κ3) is 6.68. The second kappa shape index (κ2) is 11.7. The van der Waals surface area contributed by atoms with Crippen LogP contribution in [0.25, 0.3) is 0 Å². The molecule has 6 nitrogen and oxygen atoms in total. The molecule has 152 valence electrons. The molecule has 28 heavy (non-hydrogen) atoms. The predicted molar refractivity (Wildman–Crippen MR) is 111 cm³/mol. The van der Waals surface area contributed by atoms with Crippen LogP contribution < -0.4 is 24.8 Å². The van der Waals surface area contributed by atoms with Crippen LogP contribution >= 0.6 is 0 Å². The summed E-state index contributed by atoms with van der Waals surface area (Å²) >= 11 is 0. The number of ether oxygens (including phenoxy) is 3. The number of carbonyl (C=O) groups is 1. The number of para-hydroxylation sites is 1. The lowest BCUT2D eigenvalue weighted by Gasteiger charge is -2.13. The van der Waals surface area contributed by atoms with Crippen molar-refractivity contribution in [3.8, 4) is 17.2 Å². The molecule has 0 aliphatic heterocycles. The van der Waals surface area contributed by atoms with Crippen LogP contribution in [-0.4, -0.2) is 39.4 Å². The van der Waals surface area contributed by atoms with Crippen molar-refractivity contribution in [1.29, 1.82) is 0 Å². The van der Waals surface area contributed by atoms with Gasteiger partial charge < -0.3 is 24.8 Å². The van der Waals surface area contributed by atoms with Crippen LogP contribution in [0.1, 0.15) is 25.0 Å². The predicted octanol–water partition coefficient (Wildman–Crippen LogP) is 3.58. The number of nitrogens with one attached hydrogen (secondary N) is 2. The Morgan fingerprint density at radius 2 is 1.54 bits per heavy atom. The van der Waals surface area contributed by atoms with Crippen molar-refractivity contribution in [2.45, 2.75) is 26.7 Å². The Kier molecular flexibility index (Phi) is 8.98. The average Bonchev–Trinajstić information content (AvgIpc) is 2.70. The van der Waals surface area contributed by atoms with Gasteiger partial charge in [0.05, 0.1) is 20.3 Å². The van der Waals surface area contributed by atoms with E-state index in [-0.39, 0.29) is 6.03 Å². The highest BCUT2D eigenvalue weighted by atomic mass is 16.5. The third-order valence-corrected chi connectivity index (χ3v) is 4.18. The summed E-state index contributed by atoms with van der Waals surface area (Å²) in [4.78, 5) is 12.0. The Hall–Kier alpha value is -2.89. The van der Waals surface area contributed by atoms with Crippen molar-refractivity contribution in [2.75, 3.05) is 33.4 Å². The molecular formula is C22H30N2O4. The van der Waals surface area contributed by atoms with E-state index in [9.17, 15) is 4.79 Å². The molecule has 2 amide bonds. The van der Waals surface area contributed by atoms with Crippen LogP contribution in [0.3, 0.4) is 0 Å². The first-order valence-electron chi connectivity index (χ1n) is 9.70. The second-order valence-electron chi connectivity index (χ2n) is 6.14. The molecule has 0 radical (unpaired) electrons. The largest absolute Gasteiger partial charge is 0.496 e. The molecular weight excluding hydrogens is 356 g/mol. The molecule has 0 bridgehead atoms. The summed E-state index contributed by atoms with van der Waals surface area (Å²) in [7, 11) is 1.65. The van der Waals surface area contributed by atoms with Gasteiger partial charge in [-0.2, -0.15) is 0 Å². The molecule has 2 rings (SSSR count). The van der Waals surface area contributed by atoms with Gasteiger partial charge in [0, 0.05) is 13.1 Å². The molecule has 0 aromatic heterocycles. The fourth-order valence-electron chi connectivity index (χ4n) is 2.85. The number of benzene rings is 2. The molecule has 0 aliphatic rings. The van der Waals surface area contributed by atoms with Crippen molar-refractivity contribution in [3.05, 3.63) is 53.6 Å². The van der Waals surface area contributed by atoms with Crippen LogP contribution in [0.2, 0.25) is 0 Å². The van der Waals surface area contributed by atoms with Gasteiger partial charge in [-0.15, -0.1) is 0 Å². The quantitative estimate of drug-likeness (QED) is 0.619. The fourth-order valence-corrected chi connectivity index (χ4v) is 2.85. The van der Waals surface area contributed by atoms with Crippen molar-refractivity contribution in [2.24, 2.45) is 0 Å². The van der Waals surface area contributed by atoms with Crippen molar-refractivity contribution in [3.63, 3.8) is 0 Å². The highest BCUT2D eigenvalue weighted by Gasteiger charge is 2.07. The highest BCUT2D eigenvalue weighted by molar-refractivity contribution is 5.73. The Balaban J connectivity index is 1.75. The van der Waals surface area contributed by atoms with E-state index >= 15 is 0 Å².